The molecule has 0 spiro atoms. The van der Waals surface area contributed by atoms with Crippen LogP contribution in [0, 0.1) is 0 Å². The van der Waals surface area contributed by atoms with Crippen molar-refractivity contribution in [3.63, 3.8) is 0 Å². The molecule has 2 aromatic rings. The van der Waals surface area contributed by atoms with Crippen LogP contribution in [0.4, 0.5) is 0 Å². The summed E-state index contributed by atoms with van der Waals surface area (Å²) in [5, 5.41) is 0. The molecule has 1 aromatic heterocycles. The van der Waals surface area contributed by atoms with Crippen LogP contribution in [0.2, 0.25) is 0 Å². The van der Waals surface area contributed by atoms with E-state index in [1.54, 1.807) is 24.1 Å². The summed E-state index contributed by atoms with van der Waals surface area (Å²) >= 11 is 1.29. The van der Waals surface area contributed by atoms with Gasteiger partial charge in [0.05, 0.1) is 7.11 Å². The highest BCUT2D eigenvalue weighted by Crippen LogP contribution is 2.31. The Morgan fingerprint density at radius 1 is 1.35 bits per heavy atom. The Hall–Kier alpha value is -1.90. The van der Waals surface area contributed by atoms with Crippen LogP contribution in [0.1, 0.15) is 29.3 Å². The van der Waals surface area contributed by atoms with Crippen molar-refractivity contribution < 1.29 is 17.9 Å². The van der Waals surface area contributed by atoms with Gasteiger partial charge in [0.1, 0.15) is 9.96 Å². The van der Waals surface area contributed by atoms with E-state index >= 15 is 0 Å². The van der Waals surface area contributed by atoms with Gasteiger partial charge >= 0.3 is 0 Å². The summed E-state index contributed by atoms with van der Waals surface area (Å²) < 4.78 is 33.5. The Kier molecular flexibility index (Phi) is 5.64. The number of thiophene rings is 1. The molecule has 0 radical (unpaired) electrons. The Bertz CT molecular complexity index is 906. The molecule has 6 nitrogen and oxygen atoms in total. The largest absolute Gasteiger partial charge is 0.496 e. The van der Waals surface area contributed by atoms with Crippen LogP contribution in [0.5, 0.6) is 5.75 Å². The molecule has 2 heterocycles. The molecule has 1 aromatic carbocycles. The van der Waals surface area contributed by atoms with Gasteiger partial charge in [-0.2, -0.15) is 0 Å². The summed E-state index contributed by atoms with van der Waals surface area (Å²) in [7, 11) is -2.05. The van der Waals surface area contributed by atoms with Gasteiger partial charge in [-0.3, -0.25) is 4.79 Å². The second-order valence-electron chi connectivity index (χ2n) is 6.07. The molecule has 0 saturated carbocycles. The van der Waals surface area contributed by atoms with E-state index in [-0.39, 0.29) is 12.5 Å². The smallest absolute Gasteiger partial charge is 0.250 e. The van der Waals surface area contributed by atoms with Gasteiger partial charge in [0.2, 0.25) is 15.9 Å². The molecular weight excluding hydrogens is 372 g/mol. The minimum absolute atomic E-state index is 0.0977. The number of carbonyl (C=O) groups excluding carboxylic acids is 1. The average molecular weight is 395 g/mol. The minimum Gasteiger partial charge on any atom is -0.496 e. The molecule has 1 aliphatic rings. The number of ether oxygens (including phenoxy) is 1. The molecule has 3 rings (SSSR count). The standard InChI is InChI=1S/C18H22N2O4S2/c1-3-17(21)20-9-8-16-14(12-20)10-18(25-16)26(22,23)19-11-13-6-4-5-7-15(13)24-2/h4-7,10,19H,3,8-9,11-12H2,1-2H3. The zero-order valence-corrected chi connectivity index (χ0v) is 16.5. The maximum atomic E-state index is 12.7. The predicted molar refractivity (Wildman–Crippen MR) is 101 cm³/mol. The lowest BCUT2D eigenvalue weighted by atomic mass is 10.1. The summed E-state index contributed by atoms with van der Waals surface area (Å²) in [5.41, 5.74) is 1.71. The zero-order valence-electron chi connectivity index (χ0n) is 14.8. The van der Waals surface area contributed by atoms with Crippen LogP contribution in [0.3, 0.4) is 0 Å². The van der Waals surface area contributed by atoms with Gasteiger partial charge in [-0.25, -0.2) is 13.1 Å². The SMILES string of the molecule is CCC(=O)N1CCc2sc(S(=O)(=O)NCc3ccccc3OC)cc2C1. The zero-order chi connectivity index (χ0) is 18.7. The highest BCUT2D eigenvalue weighted by molar-refractivity contribution is 7.91. The fourth-order valence-corrected chi connectivity index (χ4v) is 5.56. The number of para-hydroxylation sites is 1. The van der Waals surface area contributed by atoms with Gasteiger partial charge in [0.25, 0.3) is 0 Å². The van der Waals surface area contributed by atoms with Gasteiger partial charge in [-0.1, -0.05) is 25.1 Å². The number of hydrogen-bond donors (Lipinski definition) is 1. The lowest BCUT2D eigenvalue weighted by Crippen LogP contribution is -2.34. The van der Waals surface area contributed by atoms with Crippen molar-refractivity contribution in [2.45, 2.75) is 37.1 Å². The molecule has 0 fully saturated rings. The lowest BCUT2D eigenvalue weighted by molar-refractivity contribution is -0.131. The van der Waals surface area contributed by atoms with Gasteiger partial charge in [-0.15, -0.1) is 11.3 Å². The fraction of sp³-hybridized carbons (Fsp3) is 0.389. The first kappa shape index (κ1) is 18.9. The molecule has 8 heteroatoms. The Labute approximate surface area is 157 Å². The number of rotatable bonds is 6. The number of carbonyl (C=O) groups is 1. The van der Waals surface area contributed by atoms with Crippen molar-refractivity contribution >= 4 is 27.3 Å². The van der Waals surface area contributed by atoms with Gasteiger partial charge in [-0.05, 0) is 24.1 Å². The summed E-state index contributed by atoms with van der Waals surface area (Å²) in [4.78, 5) is 14.7. The summed E-state index contributed by atoms with van der Waals surface area (Å²) in [6.45, 7) is 3.13. The molecule has 0 saturated heterocycles. The second kappa shape index (κ2) is 7.77. The first-order chi connectivity index (χ1) is 12.4. The van der Waals surface area contributed by atoms with Crippen LogP contribution >= 0.6 is 11.3 Å². The van der Waals surface area contributed by atoms with Crippen molar-refractivity contribution in [3.05, 3.63) is 46.3 Å². The summed E-state index contributed by atoms with van der Waals surface area (Å²) in [6, 6.07) is 9.00. The van der Waals surface area contributed by atoms with Crippen molar-refractivity contribution in [1.29, 1.82) is 0 Å². The molecule has 26 heavy (non-hydrogen) atoms. The number of methoxy groups -OCH3 is 1. The van der Waals surface area contributed by atoms with Gasteiger partial charge in [0, 0.05) is 36.5 Å². The summed E-state index contributed by atoms with van der Waals surface area (Å²) in [5.74, 6) is 0.745. The first-order valence-electron chi connectivity index (χ1n) is 8.45. The highest BCUT2D eigenvalue weighted by Gasteiger charge is 2.26. The number of nitrogens with one attached hydrogen (secondary N) is 1. The number of nitrogens with zero attached hydrogens (tertiary/aromatic N) is 1. The van der Waals surface area contributed by atoms with E-state index in [0.717, 1.165) is 16.0 Å². The normalized spacial score (nSPS) is 14.2. The topological polar surface area (TPSA) is 75.7 Å². The molecule has 0 atom stereocenters. The van der Waals surface area contributed by atoms with Crippen LogP contribution in [-0.2, 0) is 34.3 Å². The third-order valence-corrected chi connectivity index (χ3v) is 7.52. The summed E-state index contributed by atoms with van der Waals surface area (Å²) in [6.07, 6.45) is 1.17. The molecule has 1 amide bonds. The fourth-order valence-electron chi connectivity index (χ4n) is 2.97. The Morgan fingerprint density at radius 2 is 2.12 bits per heavy atom. The third kappa shape index (κ3) is 3.92. The third-order valence-electron chi connectivity index (χ3n) is 4.41. The first-order valence-corrected chi connectivity index (χ1v) is 10.8. The molecule has 0 bridgehead atoms. The maximum Gasteiger partial charge on any atom is 0.250 e. The van der Waals surface area contributed by atoms with Crippen molar-refractivity contribution in [2.24, 2.45) is 0 Å². The number of sulfonamides is 1. The highest BCUT2D eigenvalue weighted by atomic mass is 32.2. The molecule has 0 unspecified atom stereocenters. The number of hydrogen-bond acceptors (Lipinski definition) is 5. The minimum atomic E-state index is -3.61. The van der Waals surface area contributed by atoms with Crippen molar-refractivity contribution in [2.75, 3.05) is 13.7 Å². The van der Waals surface area contributed by atoms with Crippen LogP contribution in [0.15, 0.2) is 34.5 Å². The van der Waals surface area contributed by atoms with Gasteiger partial charge in [0.15, 0.2) is 0 Å². The van der Waals surface area contributed by atoms with Gasteiger partial charge < -0.3 is 9.64 Å². The van der Waals surface area contributed by atoms with E-state index in [9.17, 15) is 13.2 Å². The molecular formula is C18H22N2O4S2. The van der Waals surface area contributed by atoms with Crippen LogP contribution in [-0.4, -0.2) is 32.9 Å². The Balaban J connectivity index is 1.75. The molecule has 1 N–H and O–H groups in total. The monoisotopic (exact) mass is 394 g/mol. The van der Waals surface area contributed by atoms with E-state index in [2.05, 4.69) is 4.72 Å². The number of benzene rings is 1. The molecule has 0 aliphatic carbocycles. The molecule has 1 aliphatic heterocycles. The maximum absolute atomic E-state index is 12.7. The van der Waals surface area contributed by atoms with E-state index in [4.69, 9.17) is 4.74 Å². The van der Waals surface area contributed by atoms with Crippen molar-refractivity contribution in [3.8, 4) is 5.75 Å². The van der Waals surface area contributed by atoms with Crippen molar-refractivity contribution in [1.82, 2.24) is 9.62 Å². The van der Waals surface area contributed by atoms with E-state index in [1.807, 2.05) is 25.1 Å². The predicted octanol–water partition coefficient (Wildman–Crippen LogP) is 2.53. The van der Waals surface area contributed by atoms with Crippen LogP contribution in [0.25, 0.3) is 0 Å². The second-order valence-corrected chi connectivity index (χ2v) is 9.20. The molecule has 140 valence electrons. The quantitative estimate of drug-likeness (QED) is 0.817. The number of fused-ring (bicyclic) bond motifs is 1. The Morgan fingerprint density at radius 3 is 2.85 bits per heavy atom. The van der Waals surface area contributed by atoms with Crippen LogP contribution < -0.4 is 9.46 Å². The van der Waals surface area contributed by atoms with E-state index in [1.165, 1.54) is 11.3 Å². The lowest BCUT2D eigenvalue weighted by Gasteiger charge is -2.26. The van der Waals surface area contributed by atoms with E-state index in [0.29, 0.717) is 35.9 Å². The van der Waals surface area contributed by atoms with E-state index < -0.39 is 10.0 Å². The number of amides is 1. The average Bonchev–Trinajstić information content (AvgIpc) is 3.10.